The van der Waals surface area contributed by atoms with Gasteiger partial charge in [0.2, 0.25) is 5.13 Å². The van der Waals surface area contributed by atoms with Crippen molar-refractivity contribution in [2.75, 3.05) is 30.4 Å². The number of nitrogens with one attached hydrogen (secondary N) is 1. The van der Waals surface area contributed by atoms with Gasteiger partial charge in [0.1, 0.15) is 17.3 Å². The van der Waals surface area contributed by atoms with E-state index in [0.717, 1.165) is 24.2 Å². The number of hydrogen-bond acceptors (Lipinski definition) is 9. The molecule has 0 unspecified atom stereocenters. The number of alkyl halides is 2. The summed E-state index contributed by atoms with van der Waals surface area (Å²) in [5.41, 5.74) is -0.428. The van der Waals surface area contributed by atoms with Crippen LogP contribution in [0, 0.1) is 17.8 Å². The van der Waals surface area contributed by atoms with E-state index in [-0.39, 0.29) is 22.0 Å². The molecule has 2 fully saturated rings. The minimum Gasteiger partial charge on any atom is -0.494 e. The van der Waals surface area contributed by atoms with Crippen molar-refractivity contribution in [1.82, 2.24) is 20.2 Å². The molecule has 1 aliphatic heterocycles. The Kier molecular flexibility index (Phi) is 7.23. The Morgan fingerprint density at radius 1 is 1.21 bits per heavy atom. The topological polar surface area (TPSA) is 113 Å². The summed E-state index contributed by atoms with van der Waals surface area (Å²) in [6, 6.07) is 2.89. The number of hydrogen-bond donors (Lipinski definition) is 2. The molecule has 4 heterocycles. The van der Waals surface area contributed by atoms with Gasteiger partial charge in [-0.2, -0.15) is 0 Å². The van der Waals surface area contributed by atoms with Gasteiger partial charge in [0.25, 0.3) is 12.3 Å². The van der Waals surface area contributed by atoms with Gasteiger partial charge in [-0.15, -0.1) is 10.2 Å². The van der Waals surface area contributed by atoms with Gasteiger partial charge in [0.05, 0.1) is 24.5 Å². The smallest absolute Gasteiger partial charge is 0.280 e. The minimum absolute atomic E-state index is 0.142. The predicted molar refractivity (Wildman–Crippen MR) is 139 cm³/mol. The average Bonchev–Trinajstić information content (AvgIpc) is 3.64. The van der Waals surface area contributed by atoms with Gasteiger partial charge in [0.15, 0.2) is 5.01 Å². The Balaban J connectivity index is 1.50. The van der Waals surface area contributed by atoms with Gasteiger partial charge in [-0.1, -0.05) is 17.3 Å². The minimum atomic E-state index is -2.81. The van der Waals surface area contributed by atoms with Crippen LogP contribution in [-0.2, 0) is 0 Å². The number of rotatable bonds is 6. The van der Waals surface area contributed by atoms with Crippen molar-refractivity contribution in [2.45, 2.75) is 44.6 Å². The Hall–Kier alpha value is -3.69. The van der Waals surface area contributed by atoms with Crippen LogP contribution in [0.4, 0.5) is 19.7 Å². The number of carbonyl (C=O) groups excluding carboxylic acids is 1. The zero-order valence-corrected chi connectivity index (χ0v) is 21.7. The molecule has 1 saturated carbocycles. The molecule has 2 aliphatic rings. The lowest BCUT2D eigenvalue weighted by Gasteiger charge is -2.36. The average molecular weight is 541 g/mol. The first-order valence-corrected chi connectivity index (χ1v) is 13.0. The summed E-state index contributed by atoms with van der Waals surface area (Å²) in [5.74, 6) is 6.74. The lowest BCUT2D eigenvalue weighted by molar-refractivity contribution is 0.0350. The zero-order valence-electron chi connectivity index (χ0n) is 20.9. The molecule has 3 aromatic rings. The molecule has 0 atom stereocenters. The maximum atomic E-state index is 13.6. The molecule has 0 bridgehead atoms. The largest absolute Gasteiger partial charge is 0.494 e. The molecule has 5 rings (SSSR count). The number of aliphatic hydroxyl groups is 1. The van der Waals surface area contributed by atoms with E-state index in [1.165, 1.54) is 25.6 Å². The van der Waals surface area contributed by atoms with Crippen LogP contribution < -0.4 is 15.0 Å². The fourth-order valence-corrected chi connectivity index (χ4v) is 4.67. The summed E-state index contributed by atoms with van der Waals surface area (Å²) in [5, 5.41) is 21.8. The number of piperidine rings is 1. The van der Waals surface area contributed by atoms with Gasteiger partial charge < -0.3 is 14.7 Å². The van der Waals surface area contributed by atoms with E-state index >= 15 is 0 Å². The van der Waals surface area contributed by atoms with Crippen molar-refractivity contribution >= 4 is 28.2 Å². The van der Waals surface area contributed by atoms with E-state index in [9.17, 15) is 18.7 Å². The monoisotopic (exact) mass is 540 g/mol. The van der Waals surface area contributed by atoms with Crippen molar-refractivity contribution < 1.29 is 23.4 Å². The number of methoxy groups -OCH3 is 1. The van der Waals surface area contributed by atoms with E-state index in [4.69, 9.17) is 4.74 Å². The highest BCUT2D eigenvalue weighted by molar-refractivity contribution is 7.15. The lowest BCUT2D eigenvalue weighted by atomic mass is 9.93. The summed E-state index contributed by atoms with van der Waals surface area (Å²) in [7, 11) is 1.41. The highest BCUT2D eigenvalue weighted by atomic mass is 32.1. The van der Waals surface area contributed by atoms with E-state index in [0.29, 0.717) is 48.2 Å². The van der Waals surface area contributed by atoms with Crippen LogP contribution in [-0.4, -0.2) is 57.0 Å². The number of nitrogens with zero attached hydrogens (tertiary/aromatic N) is 5. The quantitative estimate of drug-likeness (QED) is 0.445. The van der Waals surface area contributed by atoms with Crippen LogP contribution in [0.5, 0.6) is 5.75 Å². The van der Waals surface area contributed by atoms with E-state index < -0.39 is 23.6 Å². The fraction of sp³-hybridized carbons (Fsp3) is 0.423. The molecule has 0 aromatic carbocycles. The molecule has 3 aromatic heterocycles. The third-order valence-electron chi connectivity index (χ3n) is 6.53. The summed E-state index contributed by atoms with van der Waals surface area (Å²) < 4.78 is 32.5. The number of amides is 1. The number of aromatic nitrogens is 4. The molecular weight excluding hydrogens is 514 g/mol. The molecule has 9 nitrogen and oxygen atoms in total. The first-order valence-electron chi connectivity index (χ1n) is 12.2. The Morgan fingerprint density at radius 3 is 2.66 bits per heavy atom. The van der Waals surface area contributed by atoms with E-state index in [2.05, 4.69) is 37.3 Å². The molecule has 0 spiro atoms. The van der Waals surface area contributed by atoms with Crippen molar-refractivity contribution in [3.63, 3.8) is 0 Å². The van der Waals surface area contributed by atoms with Gasteiger partial charge in [0, 0.05) is 36.3 Å². The Morgan fingerprint density at radius 2 is 1.97 bits per heavy atom. The van der Waals surface area contributed by atoms with Crippen LogP contribution in [0.1, 0.15) is 60.1 Å². The second-order valence-electron chi connectivity index (χ2n) is 9.59. The number of halogens is 2. The maximum absolute atomic E-state index is 13.6. The number of carbonyl (C=O) groups is 1. The summed E-state index contributed by atoms with van der Waals surface area (Å²) in [6.07, 6.45) is 3.08. The van der Waals surface area contributed by atoms with E-state index in [1.807, 2.05) is 4.90 Å². The van der Waals surface area contributed by atoms with Crippen molar-refractivity contribution in [3.8, 4) is 28.7 Å². The van der Waals surface area contributed by atoms with Gasteiger partial charge in [-0.3, -0.25) is 15.1 Å². The number of anilines is 2. The lowest BCUT2D eigenvalue weighted by Crippen LogP contribution is -2.42. The Bertz CT molecular complexity index is 1400. The molecule has 1 saturated heterocycles. The molecule has 38 heavy (non-hydrogen) atoms. The second-order valence-corrected chi connectivity index (χ2v) is 10.6. The summed E-state index contributed by atoms with van der Waals surface area (Å²) >= 11 is 1.15. The standard InChI is InChI=1S/C26H26F2N6O3S/c1-26(36)7-9-34(10-8-26)21-12-16(17-11-19(23(27)28)29-14-20(17)37-2)18(13-30-21)24(35)31-25-33-32-22(38-25)6-5-15-3-4-15/h11-15,23,36H,3-4,7-10H2,1-2H3,(H,31,33,35). The third-order valence-corrected chi connectivity index (χ3v) is 7.28. The number of ether oxygens (including phenoxy) is 1. The molecule has 0 radical (unpaired) electrons. The molecular formula is C26H26F2N6O3S. The van der Waals surface area contributed by atoms with Crippen LogP contribution >= 0.6 is 11.3 Å². The normalized spacial score (nSPS) is 16.6. The highest BCUT2D eigenvalue weighted by Gasteiger charge is 2.29. The zero-order chi connectivity index (χ0) is 26.9. The molecule has 2 N–H and O–H groups in total. The van der Waals surface area contributed by atoms with Crippen LogP contribution in [0.3, 0.4) is 0 Å². The van der Waals surface area contributed by atoms with Crippen LogP contribution in [0.15, 0.2) is 24.5 Å². The Labute approximate surface area is 222 Å². The van der Waals surface area contributed by atoms with Crippen molar-refractivity contribution in [1.29, 1.82) is 0 Å². The van der Waals surface area contributed by atoms with Crippen LogP contribution in [0.25, 0.3) is 11.1 Å². The van der Waals surface area contributed by atoms with E-state index in [1.54, 1.807) is 13.0 Å². The van der Waals surface area contributed by atoms with Gasteiger partial charge in [-0.25, -0.2) is 13.8 Å². The first-order chi connectivity index (χ1) is 18.2. The molecule has 198 valence electrons. The first kappa shape index (κ1) is 25.9. The van der Waals surface area contributed by atoms with Gasteiger partial charge >= 0.3 is 0 Å². The van der Waals surface area contributed by atoms with Crippen molar-refractivity contribution in [3.05, 3.63) is 40.8 Å². The third kappa shape index (κ3) is 5.89. The van der Waals surface area contributed by atoms with Crippen LogP contribution in [0.2, 0.25) is 0 Å². The molecule has 1 amide bonds. The summed E-state index contributed by atoms with van der Waals surface area (Å²) in [4.78, 5) is 23.7. The number of pyridine rings is 2. The maximum Gasteiger partial charge on any atom is 0.280 e. The summed E-state index contributed by atoms with van der Waals surface area (Å²) in [6.45, 7) is 2.90. The second kappa shape index (κ2) is 10.6. The molecule has 12 heteroatoms. The fourth-order valence-electron chi connectivity index (χ4n) is 4.07. The molecule has 1 aliphatic carbocycles. The van der Waals surface area contributed by atoms with Crippen molar-refractivity contribution in [2.24, 2.45) is 5.92 Å². The highest BCUT2D eigenvalue weighted by Crippen LogP contribution is 2.37. The SMILES string of the molecule is COc1cnc(C(F)F)cc1-c1cc(N2CCC(C)(O)CC2)ncc1C(=O)Nc1nnc(C#CC2CC2)s1. The van der Waals surface area contributed by atoms with Gasteiger partial charge in [-0.05, 0) is 50.7 Å². The predicted octanol–water partition coefficient (Wildman–Crippen LogP) is 4.31.